The molecule has 0 bridgehead atoms. The molecule has 2 aromatic carbocycles. The highest BCUT2D eigenvalue weighted by Gasteiger charge is 2.54. The fraction of sp³-hybridized carbons (Fsp3) is 0.235. The predicted octanol–water partition coefficient (Wildman–Crippen LogP) is 4.49. The molecule has 3 nitrogen and oxygen atoms in total. The lowest BCUT2D eigenvalue weighted by atomic mass is 10.1. The van der Waals surface area contributed by atoms with Crippen LogP contribution in [0.15, 0.2) is 48.5 Å². The SMILES string of the molecule is CCOC(=O)[C@@H]1[C@H](c2ccc(Cl)cc2)N1c1ccc(Cl)cc1. The van der Waals surface area contributed by atoms with Gasteiger partial charge in [0, 0.05) is 15.7 Å². The van der Waals surface area contributed by atoms with Crippen LogP contribution in [0.5, 0.6) is 0 Å². The maximum absolute atomic E-state index is 12.2. The molecule has 0 aliphatic carbocycles. The Kier molecular flexibility index (Phi) is 4.27. The van der Waals surface area contributed by atoms with Gasteiger partial charge in [-0.1, -0.05) is 35.3 Å². The number of rotatable bonds is 4. The molecule has 0 aromatic heterocycles. The molecule has 1 aliphatic heterocycles. The minimum absolute atomic E-state index is 0.0301. The van der Waals surface area contributed by atoms with Crippen molar-refractivity contribution in [1.82, 2.24) is 0 Å². The van der Waals surface area contributed by atoms with Gasteiger partial charge in [0.05, 0.1) is 12.6 Å². The van der Waals surface area contributed by atoms with Crippen molar-refractivity contribution in [1.29, 1.82) is 0 Å². The maximum atomic E-state index is 12.2. The summed E-state index contributed by atoms with van der Waals surface area (Å²) < 4.78 is 5.18. The van der Waals surface area contributed by atoms with Gasteiger partial charge in [0.2, 0.25) is 0 Å². The summed E-state index contributed by atoms with van der Waals surface area (Å²) in [5, 5.41) is 1.34. The summed E-state index contributed by atoms with van der Waals surface area (Å²) in [6.07, 6.45) is 0. The third-order valence-electron chi connectivity index (χ3n) is 3.67. The van der Waals surface area contributed by atoms with Crippen molar-refractivity contribution >= 4 is 34.9 Å². The molecule has 0 radical (unpaired) electrons. The number of benzene rings is 2. The zero-order valence-electron chi connectivity index (χ0n) is 12.0. The van der Waals surface area contributed by atoms with E-state index in [-0.39, 0.29) is 18.1 Å². The van der Waals surface area contributed by atoms with Gasteiger partial charge < -0.3 is 9.64 Å². The van der Waals surface area contributed by atoms with Crippen LogP contribution in [-0.4, -0.2) is 18.6 Å². The number of carbonyl (C=O) groups is 1. The third kappa shape index (κ3) is 2.92. The highest BCUT2D eigenvalue weighted by atomic mass is 35.5. The van der Waals surface area contributed by atoms with Crippen LogP contribution in [0.4, 0.5) is 5.69 Å². The van der Waals surface area contributed by atoms with Crippen LogP contribution >= 0.6 is 23.2 Å². The molecule has 3 rings (SSSR count). The molecule has 1 fully saturated rings. The Morgan fingerprint density at radius 1 is 1.05 bits per heavy atom. The van der Waals surface area contributed by atoms with Crippen LogP contribution in [0.25, 0.3) is 0 Å². The summed E-state index contributed by atoms with van der Waals surface area (Å²) in [7, 11) is 0. The number of hydrogen-bond acceptors (Lipinski definition) is 3. The molecule has 5 heteroatoms. The first-order valence-corrected chi connectivity index (χ1v) is 7.83. The number of nitrogens with zero attached hydrogens (tertiary/aromatic N) is 1. The van der Waals surface area contributed by atoms with E-state index in [2.05, 4.69) is 0 Å². The first kappa shape index (κ1) is 15.2. The second-order valence-electron chi connectivity index (χ2n) is 5.08. The first-order chi connectivity index (χ1) is 10.6. The van der Waals surface area contributed by atoms with E-state index in [0.717, 1.165) is 11.3 Å². The largest absolute Gasteiger partial charge is 0.464 e. The van der Waals surface area contributed by atoms with Gasteiger partial charge in [0.25, 0.3) is 0 Å². The van der Waals surface area contributed by atoms with Gasteiger partial charge in [0.1, 0.15) is 0 Å². The number of halogens is 2. The summed E-state index contributed by atoms with van der Waals surface area (Å²) in [5.41, 5.74) is 1.99. The fourth-order valence-corrected chi connectivity index (χ4v) is 2.89. The minimum atomic E-state index is -0.303. The molecular weight excluding hydrogens is 321 g/mol. The van der Waals surface area contributed by atoms with Crippen LogP contribution in [0.1, 0.15) is 18.5 Å². The molecule has 2 aromatic rings. The predicted molar refractivity (Wildman–Crippen MR) is 88.5 cm³/mol. The molecule has 0 N–H and O–H groups in total. The number of carbonyl (C=O) groups excluding carboxylic acids is 1. The van der Waals surface area contributed by atoms with Crippen molar-refractivity contribution in [2.45, 2.75) is 19.0 Å². The first-order valence-electron chi connectivity index (χ1n) is 7.08. The minimum Gasteiger partial charge on any atom is -0.464 e. The average Bonchev–Trinajstić information content (AvgIpc) is 3.24. The topological polar surface area (TPSA) is 29.3 Å². The Balaban J connectivity index is 1.90. The van der Waals surface area contributed by atoms with Gasteiger partial charge >= 0.3 is 5.97 Å². The molecule has 0 spiro atoms. The van der Waals surface area contributed by atoms with Crippen molar-refractivity contribution in [3.05, 3.63) is 64.1 Å². The van der Waals surface area contributed by atoms with E-state index < -0.39 is 0 Å². The van der Waals surface area contributed by atoms with Crippen molar-refractivity contribution in [2.24, 2.45) is 0 Å². The number of hydrogen-bond donors (Lipinski definition) is 0. The zero-order valence-corrected chi connectivity index (χ0v) is 13.5. The van der Waals surface area contributed by atoms with Crippen molar-refractivity contribution in [2.75, 3.05) is 11.5 Å². The summed E-state index contributed by atoms with van der Waals surface area (Å²) in [4.78, 5) is 14.2. The lowest BCUT2D eigenvalue weighted by molar-refractivity contribution is -0.142. The third-order valence-corrected chi connectivity index (χ3v) is 4.18. The smallest absolute Gasteiger partial charge is 0.331 e. The summed E-state index contributed by atoms with van der Waals surface area (Å²) in [6.45, 7) is 2.18. The second-order valence-corrected chi connectivity index (χ2v) is 5.95. The molecule has 22 heavy (non-hydrogen) atoms. The highest BCUT2D eigenvalue weighted by molar-refractivity contribution is 6.30. The molecule has 0 saturated carbocycles. The van der Waals surface area contributed by atoms with Crippen LogP contribution in [0.2, 0.25) is 10.0 Å². The standard InChI is InChI=1S/C17H15Cl2NO2/c1-2-22-17(21)16-15(11-3-5-12(18)6-4-11)20(16)14-9-7-13(19)8-10-14/h3-10,15-16H,2H2,1H3/t15-,16-,20?/m0/s1. The van der Waals surface area contributed by atoms with Gasteiger partial charge in [0.15, 0.2) is 6.04 Å². The lowest BCUT2D eigenvalue weighted by Gasteiger charge is -2.06. The van der Waals surface area contributed by atoms with Crippen LogP contribution in [0.3, 0.4) is 0 Å². The van der Waals surface area contributed by atoms with E-state index in [1.54, 1.807) is 0 Å². The van der Waals surface area contributed by atoms with Crippen LogP contribution in [-0.2, 0) is 9.53 Å². The average molecular weight is 336 g/mol. The zero-order chi connectivity index (χ0) is 15.7. The second kappa shape index (κ2) is 6.19. The van der Waals surface area contributed by atoms with E-state index in [1.165, 1.54) is 0 Å². The quantitative estimate of drug-likeness (QED) is 0.609. The van der Waals surface area contributed by atoms with Crippen molar-refractivity contribution in [3.63, 3.8) is 0 Å². The Morgan fingerprint density at radius 2 is 1.59 bits per heavy atom. The van der Waals surface area contributed by atoms with Gasteiger partial charge in [-0.3, -0.25) is 0 Å². The molecule has 0 unspecified atom stereocenters. The van der Waals surface area contributed by atoms with E-state index in [1.807, 2.05) is 60.4 Å². The molecule has 0 amide bonds. The lowest BCUT2D eigenvalue weighted by Crippen LogP contribution is -2.15. The van der Waals surface area contributed by atoms with Crippen LogP contribution in [0, 0.1) is 0 Å². The van der Waals surface area contributed by atoms with E-state index in [9.17, 15) is 4.79 Å². The van der Waals surface area contributed by atoms with E-state index in [0.29, 0.717) is 16.7 Å². The van der Waals surface area contributed by atoms with Crippen molar-refractivity contribution < 1.29 is 9.53 Å². The highest BCUT2D eigenvalue weighted by Crippen LogP contribution is 2.47. The number of esters is 1. The van der Waals surface area contributed by atoms with E-state index >= 15 is 0 Å². The Hall–Kier alpha value is -1.71. The molecule has 2 atom stereocenters. The normalized spacial score (nSPS) is 19.9. The van der Waals surface area contributed by atoms with Gasteiger partial charge in [-0.15, -0.1) is 0 Å². The summed E-state index contributed by atoms with van der Waals surface area (Å²) >= 11 is 11.9. The molecule has 1 aliphatic rings. The fourth-order valence-electron chi connectivity index (χ4n) is 2.64. The van der Waals surface area contributed by atoms with Gasteiger partial charge in [-0.2, -0.15) is 0 Å². The monoisotopic (exact) mass is 335 g/mol. The molecular formula is C17H15Cl2NO2. The van der Waals surface area contributed by atoms with E-state index in [4.69, 9.17) is 27.9 Å². The number of ether oxygens (including phenoxy) is 1. The maximum Gasteiger partial charge on any atom is 0.331 e. The Bertz CT molecular complexity index is 619. The Morgan fingerprint density at radius 3 is 2.14 bits per heavy atom. The molecule has 1 heterocycles. The van der Waals surface area contributed by atoms with Gasteiger partial charge in [-0.25, -0.2) is 4.79 Å². The molecule has 114 valence electrons. The van der Waals surface area contributed by atoms with Crippen molar-refractivity contribution in [3.8, 4) is 0 Å². The summed E-state index contributed by atoms with van der Waals surface area (Å²) in [5.74, 6) is -0.211. The number of anilines is 1. The van der Waals surface area contributed by atoms with Crippen LogP contribution < -0.4 is 4.90 Å². The van der Waals surface area contributed by atoms with Gasteiger partial charge in [-0.05, 0) is 48.9 Å². The summed E-state index contributed by atoms with van der Waals surface area (Å²) in [6, 6.07) is 14.7. The Labute approximate surface area is 139 Å². The molecule has 1 saturated heterocycles.